The number of aromatic nitrogens is 3. The van der Waals surface area contributed by atoms with Crippen LogP contribution in [0, 0.1) is 5.92 Å². The molecule has 3 heterocycles. The summed E-state index contributed by atoms with van der Waals surface area (Å²) >= 11 is 0. The number of H-pyrrole nitrogens is 1. The summed E-state index contributed by atoms with van der Waals surface area (Å²) in [5.41, 5.74) is 4.54. The average molecular weight is 377 g/mol. The predicted octanol–water partition coefficient (Wildman–Crippen LogP) is 3.87. The summed E-state index contributed by atoms with van der Waals surface area (Å²) in [7, 11) is 0. The number of hydrogen-bond donors (Lipinski definition) is 3. The highest BCUT2D eigenvalue weighted by Crippen LogP contribution is 2.36. The van der Waals surface area contributed by atoms with Gasteiger partial charge in [0, 0.05) is 18.4 Å². The molecule has 2 aromatic heterocycles. The summed E-state index contributed by atoms with van der Waals surface area (Å²) in [6.07, 6.45) is 7.60. The fourth-order valence-electron chi connectivity index (χ4n) is 4.79. The summed E-state index contributed by atoms with van der Waals surface area (Å²) in [6, 6.07) is 8.77. The Balaban J connectivity index is 1.57. The summed E-state index contributed by atoms with van der Waals surface area (Å²) in [5, 5.41) is 12.4. The molecule has 3 N–H and O–H groups in total. The molecule has 1 aliphatic carbocycles. The van der Waals surface area contributed by atoms with Crippen LogP contribution in [0.3, 0.4) is 0 Å². The topological polar surface area (TPSA) is 74.7 Å². The maximum atomic E-state index is 12.6. The molecule has 0 amide bonds. The molecule has 1 saturated carbocycles. The van der Waals surface area contributed by atoms with E-state index < -0.39 is 0 Å². The van der Waals surface area contributed by atoms with E-state index in [9.17, 15) is 4.79 Å². The molecule has 1 fully saturated rings. The summed E-state index contributed by atoms with van der Waals surface area (Å²) in [6.45, 7) is 4.23. The minimum Gasteiger partial charge on any atom is -0.338 e. The lowest BCUT2D eigenvalue weighted by Crippen LogP contribution is -2.23. The molecule has 146 valence electrons. The Morgan fingerprint density at radius 3 is 2.96 bits per heavy atom. The normalized spacial score (nSPS) is 22.2. The van der Waals surface area contributed by atoms with Crippen LogP contribution in [0.5, 0.6) is 0 Å². The van der Waals surface area contributed by atoms with Crippen LogP contribution < -0.4 is 16.2 Å². The SMILES string of the molecule is C[C@H]1CCCC[C@@H]1n1nc(Nc2ccc3c(c2)CCNC3)c2c(=O)[nH]ccc21. The maximum Gasteiger partial charge on any atom is 0.261 e. The molecular weight excluding hydrogens is 350 g/mol. The number of rotatable bonds is 3. The third kappa shape index (κ3) is 3.02. The van der Waals surface area contributed by atoms with E-state index in [0.717, 1.165) is 37.1 Å². The van der Waals surface area contributed by atoms with Crippen LogP contribution in [0.25, 0.3) is 10.9 Å². The van der Waals surface area contributed by atoms with Gasteiger partial charge in [-0.2, -0.15) is 5.10 Å². The molecule has 0 spiro atoms. The summed E-state index contributed by atoms with van der Waals surface area (Å²) in [5.74, 6) is 1.23. The van der Waals surface area contributed by atoms with Gasteiger partial charge >= 0.3 is 0 Å². The van der Waals surface area contributed by atoms with Gasteiger partial charge in [0.1, 0.15) is 5.39 Å². The van der Waals surface area contributed by atoms with Crippen molar-refractivity contribution >= 4 is 22.4 Å². The van der Waals surface area contributed by atoms with Gasteiger partial charge in [0.2, 0.25) is 0 Å². The third-order valence-corrected chi connectivity index (χ3v) is 6.37. The second kappa shape index (κ2) is 7.09. The highest BCUT2D eigenvalue weighted by atomic mass is 16.1. The number of fused-ring (bicyclic) bond motifs is 2. The summed E-state index contributed by atoms with van der Waals surface area (Å²) in [4.78, 5) is 15.5. The first-order valence-electron chi connectivity index (χ1n) is 10.4. The van der Waals surface area contributed by atoms with Crippen molar-refractivity contribution in [2.24, 2.45) is 5.92 Å². The van der Waals surface area contributed by atoms with Gasteiger partial charge in [0.05, 0.1) is 11.6 Å². The molecule has 6 nitrogen and oxygen atoms in total. The van der Waals surface area contributed by atoms with Crippen molar-refractivity contribution in [2.45, 2.75) is 51.6 Å². The van der Waals surface area contributed by atoms with Gasteiger partial charge in [-0.3, -0.25) is 9.48 Å². The highest BCUT2D eigenvalue weighted by Gasteiger charge is 2.27. The highest BCUT2D eigenvalue weighted by molar-refractivity contribution is 5.91. The summed E-state index contributed by atoms with van der Waals surface area (Å²) < 4.78 is 2.10. The van der Waals surface area contributed by atoms with E-state index in [1.807, 2.05) is 6.07 Å². The number of hydrogen-bond acceptors (Lipinski definition) is 4. The molecule has 6 heteroatoms. The predicted molar refractivity (Wildman–Crippen MR) is 112 cm³/mol. The Hall–Kier alpha value is -2.60. The first kappa shape index (κ1) is 17.5. The van der Waals surface area contributed by atoms with Crippen molar-refractivity contribution < 1.29 is 0 Å². The number of pyridine rings is 1. The van der Waals surface area contributed by atoms with E-state index in [2.05, 4.69) is 45.4 Å². The first-order valence-corrected chi connectivity index (χ1v) is 10.4. The molecule has 2 aliphatic rings. The van der Waals surface area contributed by atoms with Gasteiger partial charge in [-0.05, 0) is 61.1 Å². The van der Waals surface area contributed by atoms with Gasteiger partial charge in [-0.15, -0.1) is 0 Å². The van der Waals surface area contributed by atoms with Crippen molar-refractivity contribution in [3.8, 4) is 0 Å². The smallest absolute Gasteiger partial charge is 0.261 e. The van der Waals surface area contributed by atoms with E-state index in [-0.39, 0.29) is 5.56 Å². The second-order valence-corrected chi connectivity index (χ2v) is 8.22. The largest absolute Gasteiger partial charge is 0.338 e. The lowest BCUT2D eigenvalue weighted by atomic mass is 9.86. The first-order chi connectivity index (χ1) is 13.7. The lowest BCUT2D eigenvalue weighted by molar-refractivity contribution is 0.246. The zero-order chi connectivity index (χ0) is 19.1. The van der Waals surface area contributed by atoms with E-state index in [4.69, 9.17) is 5.10 Å². The molecular formula is C22H27N5O. The van der Waals surface area contributed by atoms with Crippen molar-refractivity contribution in [2.75, 3.05) is 11.9 Å². The van der Waals surface area contributed by atoms with Crippen molar-refractivity contribution in [3.05, 3.63) is 51.9 Å². The second-order valence-electron chi connectivity index (χ2n) is 8.22. The van der Waals surface area contributed by atoms with Gasteiger partial charge in [-0.25, -0.2) is 0 Å². The number of nitrogens with zero attached hydrogens (tertiary/aromatic N) is 2. The Morgan fingerprint density at radius 2 is 2.07 bits per heavy atom. The van der Waals surface area contributed by atoms with E-state index >= 15 is 0 Å². The van der Waals surface area contributed by atoms with Gasteiger partial charge in [0.15, 0.2) is 5.82 Å². The maximum absolute atomic E-state index is 12.6. The van der Waals surface area contributed by atoms with Crippen LogP contribution in [0.15, 0.2) is 35.3 Å². The van der Waals surface area contributed by atoms with Crippen LogP contribution >= 0.6 is 0 Å². The van der Waals surface area contributed by atoms with Crippen molar-refractivity contribution in [3.63, 3.8) is 0 Å². The fourth-order valence-corrected chi connectivity index (χ4v) is 4.79. The van der Waals surface area contributed by atoms with Gasteiger partial charge in [-0.1, -0.05) is 25.8 Å². The lowest BCUT2D eigenvalue weighted by Gasteiger charge is -2.29. The molecule has 5 rings (SSSR count). The zero-order valence-corrected chi connectivity index (χ0v) is 16.3. The number of anilines is 2. The Bertz CT molecular complexity index is 1070. The van der Waals surface area contributed by atoms with Crippen LogP contribution in [-0.4, -0.2) is 21.3 Å². The molecule has 3 aromatic rings. The van der Waals surface area contributed by atoms with Crippen molar-refractivity contribution in [1.29, 1.82) is 0 Å². The molecule has 0 bridgehead atoms. The molecule has 2 atom stereocenters. The molecule has 0 radical (unpaired) electrons. The van der Waals surface area contributed by atoms with Crippen LogP contribution in [0.1, 0.15) is 49.8 Å². The van der Waals surface area contributed by atoms with Gasteiger partial charge < -0.3 is 15.6 Å². The molecule has 1 aromatic carbocycles. The quantitative estimate of drug-likeness (QED) is 0.648. The molecule has 0 saturated heterocycles. The van der Waals surface area contributed by atoms with Crippen molar-refractivity contribution in [1.82, 2.24) is 20.1 Å². The Morgan fingerprint density at radius 1 is 1.18 bits per heavy atom. The van der Waals surface area contributed by atoms with Crippen LogP contribution in [0.2, 0.25) is 0 Å². The zero-order valence-electron chi connectivity index (χ0n) is 16.3. The van der Waals surface area contributed by atoms with E-state index in [0.29, 0.717) is 23.2 Å². The molecule has 0 unspecified atom stereocenters. The average Bonchev–Trinajstić information content (AvgIpc) is 3.08. The standard InChI is InChI=1S/C22H27N5O/c1-14-4-2-3-5-18(14)27-19-9-11-24-22(28)20(19)21(26-27)25-17-7-6-16-13-23-10-8-15(16)12-17/h6-7,9,11-12,14,18,23H,2-5,8,10,13H2,1H3,(H,24,28)(H,25,26)/t14-,18-/m0/s1. The van der Waals surface area contributed by atoms with Crippen LogP contribution in [0.4, 0.5) is 11.5 Å². The van der Waals surface area contributed by atoms with Gasteiger partial charge in [0.25, 0.3) is 5.56 Å². The van der Waals surface area contributed by atoms with E-state index in [1.54, 1.807) is 6.20 Å². The van der Waals surface area contributed by atoms with E-state index in [1.165, 1.54) is 30.4 Å². The number of aromatic amines is 1. The fraction of sp³-hybridized carbons (Fsp3) is 0.455. The Labute approximate surface area is 164 Å². The Kier molecular flexibility index (Phi) is 4.43. The molecule has 28 heavy (non-hydrogen) atoms. The van der Waals surface area contributed by atoms with Crippen LogP contribution in [-0.2, 0) is 13.0 Å². The monoisotopic (exact) mass is 377 g/mol. The minimum atomic E-state index is -0.0862. The number of benzene rings is 1. The minimum absolute atomic E-state index is 0.0862. The third-order valence-electron chi connectivity index (χ3n) is 6.37. The molecule has 1 aliphatic heterocycles. The number of nitrogens with one attached hydrogen (secondary N) is 3.